The van der Waals surface area contributed by atoms with E-state index in [-0.39, 0.29) is 24.6 Å². The van der Waals surface area contributed by atoms with E-state index in [1.165, 1.54) is 4.88 Å². The molecule has 152 valence electrons. The summed E-state index contributed by atoms with van der Waals surface area (Å²) in [6, 6.07) is 4.54. The van der Waals surface area contributed by atoms with Crippen LogP contribution in [0, 0.1) is 0 Å². The minimum Gasteiger partial charge on any atom is -0.376 e. The van der Waals surface area contributed by atoms with Crippen LogP contribution in [0.5, 0.6) is 0 Å². The van der Waals surface area contributed by atoms with Gasteiger partial charge in [0.1, 0.15) is 6.54 Å². The van der Waals surface area contributed by atoms with Crippen molar-refractivity contribution in [2.45, 2.75) is 32.4 Å². The van der Waals surface area contributed by atoms with Gasteiger partial charge in [0, 0.05) is 45.2 Å². The first-order valence-corrected chi connectivity index (χ1v) is 10.5. The molecular formula is C19H33N5O2S. The average molecular weight is 396 g/mol. The second kappa shape index (κ2) is 11.3. The van der Waals surface area contributed by atoms with Crippen molar-refractivity contribution < 1.29 is 9.53 Å². The molecule has 1 amide bonds. The molecule has 0 saturated carbocycles. The molecule has 1 saturated heterocycles. The van der Waals surface area contributed by atoms with E-state index in [1.54, 1.807) is 30.3 Å². The van der Waals surface area contributed by atoms with Gasteiger partial charge in [0.05, 0.1) is 18.8 Å². The van der Waals surface area contributed by atoms with Crippen molar-refractivity contribution in [3.05, 3.63) is 22.4 Å². The number of nitrogens with zero attached hydrogens (tertiary/aromatic N) is 3. The predicted molar refractivity (Wildman–Crippen MR) is 111 cm³/mol. The van der Waals surface area contributed by atoms with Gasteiger partial charge in [0.2, 0.25) is 5.91 Å². The minimum absolute atomic E-state index is 0.00981. The summed E-state index contributed by atoms with van der Waals surface area (Å²) in [5.41, 5.74) is 0. The molecule has 1 aliphatic rings. The summed E-state index contributed by atoms with van der Waals surface area (Å²) in [7, 11) is 3.49. The Hall–Kier alpha value is -1.64. The Morgan fingerprint density at radius 1 is 1.48 bits per heavy atom. The highest BCUT2D eigenvalue weighted by Gasteiger charge is 2.26. The number of carbonyl (C=O) groups excluding carboxylic acids is 1. The lowest BCUT2D eigenvalue weighted by atomic mass is 10.1. The average Bonchev–Trinajstić information content (AvgIpc) is 3.17. The molecule has 7 nitrogen and oxygen atoms in total. The third-order valence-corrected chi connectivity index (χ3v) is 5.43. The molecule has 0 aliphatic carbocycles. The standard InChI is InChI=1S/C19H33N5O2S/c1-5-8-20-19(22-13-18(25)23(3)4)21-12-16(17-7-6-11-27-17)24-9-10-26-15(2)14-24/h6-7,11,15-16H,5,8-10,12-14H2,1-4H3,(H2,20,21,22). The van der Waals surface area contributed by atoms with Gasteiger partial charge < -0.3 is 20.3 Å². The van der Waals surface area contributed by atoms with Gasteiger partial charge in [0.25, 0.3) is 0 Å². The van der Waals surface area contributed by atoms with Crippen molar-refractivity contribution in [2.75, 3.05) is 53.4 Å². The molecule has 2 heterocycles. The van der Waals surface area contributed by atoms with Gasteiger partial charge in [-0.05, 0) is 24.8 Å². The van der Waals surface area contributed by atoms with Crippen LogP contribution in [0.4, 0.5) is 0 Å². The number of guanidine groups is 1. The Morgan fingerprint density at radius 3 is 2.93 bits per heavy atom. The first-order chi connectivity index (χ1) is 13.0. The molecule has 0 spiro atoms. The number of hydrogen-bond donors (Lipinski definition) is 2. The van der Waals surface area contributed by atoms with Crippen LogP contribution in [0.2, 0.25) is 0 Å². The second-order valence-electron chi connectivity index (χ2n) is 6.97. The molecule has 27 heavy (non-hydrogen) atoms. The summed E-state index contributed by atoms with van der Waals surface area (Å²) in [5.74, 6) is 0.680. The van der Waals surface area contributed by atoms with Crippen LogP contribution in [0.1, 0.15) is 31.2 Å². The first kappa shape index (κ1) is 21.7. The third-order valence-electron chi connectivity index (χ3n) is 4.46. The van der Waals surface area contributed by atoms with Crippen LogP contribution in [-0.4, -0.2) is 81.2 Å². The van der Waals surface area contributed by atoms with E-state index in [9.17, 15) is 4.79 Å². The van der Waals surface area contributed by atoms with Gasteiger partial charge in [-0.2, -0.15) is 0 Å². The molecule has 1 aliphatic heterocycles. The van der Waals surface area contributed by atoms with Crippen molar-refractivity contribution in [2.24, 2.45) is 4.99 Å². The number of ether oxygens (including phenoxy) is 1. The lowest BCUT2D eigenvalue weighted by molar-refractivity contribution is -0.127. The van der Waals surface area contributed by atoms with Crippen LogP contribution in [0.15, 0.2) is 22.5 Å². The summed E-state index contributed by atoms with van der Waals surface area (Å²) >= 11 is 1.77. The van der Waals surface area contributed by atoms with Crippen LogP contribution >= 0.6 is 11.3 Å². The molecule has 1 fully saturated rings. The molecule has 1 aromatic heterocycles. The van der Waals surface area contributed by atoms with Crippen molar-refractivity contribution >= 4 is 23.2 Å². The summed E-state index contributed by atoms with van der Waals surface area (Å²) in [5, 5.41) is 8.86. The highest BCUT2D eigenvalue weighted by molar-refractivity contribution is 7.10. The SMILES string of the molecule is CCCNC(=NCC(=O)N(C)C)NCC(c1cccs1)N1CCOC(C)C1. The zero-order valence-electron chi connectivity index (χ0n) is 16.9. The fourth-order valence-corrected chi connectivity index (χ4v) is 3.78. The maximum Gasteiger partial charge on any atom is 0.243 e. The van der Waals surface area contributed by atoms with Crippen molar-refractivity contribution in [3.63, 3.8) is 0 Å². The number of likely N-dealkylation sites (N-methyl/N-ethyl adjacent to an activating group) is 1. The van der Waals surface area contributed by atoms with E-state index in [0.717, 1.165) is 39.2 Å². The molecule has 1 aromatic rings. The Morgan fingerprint density at radius 2 is 2.30 bits per heavy atom. The Labute approximate surface area is 166 Å². The van der Waals surface area contributed by atoms with E-state index in [4.69, 9.17) is 4.74 Å². The number of amides is 1. The smallest absolute Gasteiger partial charge is 0.243 e. The van der Waals surface area contributed by atoms with Crippen LogP contribution < -0.4 is 10.6 Å². The van der Waals surface area contributed by atoms with Gasteiger partial charge in [0.15, 0.2) is 5.96 Å². The quantitative estimate of drug-likeness (QED) is 0.516. The molecule has 2 rings (SSSR count). The molecular weight excluding hydrogens is 362 g/mol. The number of carbonyl (C=O) groups is 1. The summed E-state index contributed by atoms with van der Waals surface area (Å²) in [4.78, 5) is 21.7. The lowest BCUT2D eigenvalue weighted by Crippen LogP contribution is -2.48. The highest BCUT2D eigenvalue weighted by Crippen LogP contribution is 2.26. The minimum atomic E-state index is -0.00981. The Balaban J connectivity index is 2.04. The molecule has 0 aromatic carbocycles. The monoisotopic (exact) mass is 395 g/mol. The molecule has 0 radical (unpaired) electrons. The number of thiophene rings is 1. The second-order valence-corrected chi connectivity index (χ2v) is 7.95. The zero-order chi connectivity index (χ0) is 19.6. The van der Waals surface area contributed by atoms with Crippen molar-refractivity contribution in [3.8, 4) is 0 Å². The summed E-state index contributed by atoms with van der Waals surface area (Å²) in [6.45, 7) is 8.52. The van der Waals surface area contributed by atoms with E-state index < -0.39 is 0 Å². The maximum atomic E-state index is 11.9. The normalized spacial score (nSPS) is 19.6. The Bertz CT molecular complexity index is 591. The van der Waals surface area contributed by atoms with Gasteiger partial charge in [-0.25, -0.2) is 4.99 Å². The summed E-state index contributed by atoms with van der Waals surface area (Å²) in [6.07, 6.45) is 1.24. The third kappa shape index (κ3) is 7.12. The van der Waals surface area contributed by atoms with Gasteiger partial charge in [-0.15, -0.1) is 11.3 Å². The van der Waals surface area contributed by atoms with E-state index >= 15 is 0 Å². The number of hydrogen-bond acceptors (Lipinski definition) is 5. The van der Waals surface area contributed by atoms with Gasteiger partial charge in [-0.1, -0.05) is 13.0 Å². The van der Waals surface area contributed by atoms with Crippen molar-refractivity contribution in [1.82, 2.24) is 20.4 Å². The fraction of sp³-hybridized carbons (Fsp3) is 0.684. The highest BCUT2D eigenvalue weighted by atomic mass is 32.1. The Kier molecular flexibility index (Phi) is 9.03. The number of morpholine rings is 1. The summed E-state index contributed by atoms with van der Waals surface area (Å²) < 4.78 is 5.70. The van der Waals surface area contributed by atoms with Crippen LogP contribution in [-0.2, 0) is 9.53 Å². The van der Waals surface area contributed by atoms with E-state index in [0.29, 0.717) is 5.96 Å². The number of rotatable bonds is 8. The fourth-order valence-electron chi connectivity index (χ4n) is 2.92. The van der Waals surface area contributed by atoms with Crippen molar-refractivity contribution in [1.29, 1.82) is 0 Å². The van der Waals surface area contributed by atoms with Crippen LogP contribution in [0.3, 0.4) is 0 Å². The van der Waals surface area contributed by atoms with Gasteiger partial charge >= 0.3 is 0 Å². The lowest BCUT2D eigenvalue weighted by Gasteiger charge is -2.37. The molecule has 8 heteroatoms. The first-order valence-electron chi connectivity index (χ1n) is 9.62. The molecule has 0 bridgehead atoms. The molecule has 2 N–H and O–H groups in total. The van der Waals surface area contributed by atoms with Crippen LogP contribution in [0.25, 0.3) is 0 Å². The van der Waals surface area contributed by atoms with Gasteiger partial charge in [-0.3, -0.25) is 9.69 Å². The molecule has 2 unspecified atom stereocenters. The molecule has 2 atom stereocenters. The van der Waals surface area contributed by atoms with E-state index in [2.05, 4.69) is 51.9 Å². The predicted octanol–water partition coefficient (Wildman–Crippen LogP) is 1.54. The zero-order valence-corrected chi connectivity index (χ0v) is 17.7. The maximum absolute atomic E-state index is 11.9. The largest absolute Gasteiger partial charge is 0.376 e. The number of aliphatic imine (C=N–C) groups is 1. The van der Waals surface area contributed by atoms with E-state index in [1.807, 2.05) is 0 Å². The topological polar surface area (TPSA) is 69.2 Å². The number of nitrogens with one attached hydrogen (secondary N) is 2.